The van der Waals surface area contributed by atoms with E-state index in [9.17, 15) is 4.79 Å². The van der Waals surface area contributed by atoms with E-state index in [1.807, 2.05) is 0 Å². The number of fused-ring (bicyclic) bond motifs is 1. The molecule has 0 spiro atoms. The van der Waals surface area contributed by atoms with Crippen LogP contribution in [0.15, 0.2) is 24.8 Å². The minimum absolute atomic E-state index is 0.00613. The Balaban J connectivity index is 1.78. The second-order valence-electron chi connectivity index (χ2n) is 5.02. The highest BCUT2D eigenvalue weighted by atomic mass is 16.5. The van der Waals surface area contributed by atoms with Crippen molar-refractivity contribution in [3.8, 4) is 0 Å². The molecule has 3 rings (SSSR count). The van der Waals surface area contributed by atoms with E-state index in [1.54, 1.807) is 36.3 Å². The van der Waals surface area contributed by atoms with Crippen molar-refractivity contribution in [2.75, 3.05) is 20.3 Å². The fourth-order valence-electron chi connectivity index (χ4n) is 2.59. The Morgan fingerprint density at radius 2 is 2.33 bits per heavy atom. The summed E-state index contributed by atoms with van der Waals surface area (Å²) in [5.74, 6) is -0.260. The third kappa shape index (κ3) is 2.88. The van der Waals surface area contributed by atoms with Crippen molar-refractivity contribution in [1.29, 1.82) is 0 Å². The van der Waals surface area contributed by atoms with Gasteiger partial charge >= 0.3 is 0 Å². The zero-order chi connectivity index (χ0) is 14.7. The smallest absolute Gasteiger partial charge is 0.274 e. The Kier molecular flexibility index (Phi) is 4.12. The number of hydrogen-bond acceptors (Lipinski definition) is 5. The molecule has 0 aliphatic carbocycles. The number of amides is 1. The molecule has 2 aromatic rings. The number of carbonyl (C=O) groups excluding carboxylic acids is 1. The fraction of sp³-hybridized carbons (Fsp3) is 0.500. The number of imidazole rings is 1. The molecule has 2 unspecified atom stereocenters. The summed E-state index contributed by atoms with van der Waals surface area (Å²) in [5, 5.41) is 2.95. The van der Waals surface area contributed by atoms with Crippen LogP contribution in [0.3, 0.4) is 0 Å². The Labute approximate surface area is 122 Å². The van der Waals surface area contributed by atoms with Crippen molar-refractivity contribution in [1.82, 2.24) is 19.7 Å². The van der Waals surface area contributed by atoms with Crippen LogP contribution in [-0.4, -0.2) is 52.7 Å². The van der Waals surface area contributed by atoms with Crippen molar-refractivity contribution >= 4 is 11.6 Å². The summed E-state index contributed by atoms with van der Waals surface area (Å²) in [6.07, 6.45) is 8.69. The number of aromatic nitrogens is 3. The zero-order valence-electron chi connectivity index (χ0n) is 11.9. The van der Waals surface area contributed by atoms with E-state index in [1.165, 1.54) is 0 Å². The molecule has 1 aliphatic rings. The van der Waals surface area contributed by atoms with Gasteiger partial charge in [-0.2, -0.15) is 0 Å². The summed E-state index contributed by atoms with van der Waals surface area (Å²) in [4.78, 5) is 20.8. The van der Waals surface area contributed by atoms with E-state index < -0.39 is 0 Å². The molecular weight excluding hydrogens is 272 g/mol. The van der Waals surface area contributed by atoms with Crippen LogP contribution in [0.5, 0.6) is 0 Å². The molecule has 2 aromatic heterocycles. The van der Waals surface area contributed by atoms with Crippen LogP contribution in [0.4, 0.5) is 0 Å². The van der Waals surface area contributed by atoms with Crippen molar-refractivity contribution in [2.45, 2.75) is 25.0 Å². The third-order valence-corrected chi connectivity index (χ3v) is 3.60. The predicted octanol–water partition coefficient (Wildman–Crippen LogP) is 0.653. The van der Waals surface area contributed by atoms with Gasteiger partial charge in [-0.3, -0.25) is 4.79 Å². The number of rotatable bonds is 5. The lowest BCUT2D eigenvalue weighted by atomic mass is 10.1. The average Bonchev–Trinajstić information content (AvgIpc) is 3.17. The SMILES string of the molecule is COCC(NC(=O)c1nccn2ccnc12)C1CCCO1. The first-order valence-electron chi connectivity index (χ1n) is 6.98. The van der Waals surface area contributed by atoms with Crippen molar-refractivity contribution in [3.05, 3.63) is 30.5 Å². The third-order valence-electron chi connectivity index (χ3n) is 3.60. The van der Waals surface area contributed by atoms with Gasteiger partial charge in [-0.05, 0) is 12.8 Å². The molecule has 7 heteroatoms. The zero-order valence-corrected chi connectivity index (χ0v) is 11.9. The Bertz CT molecular complexity index is 621. The van der Waals surface area contributed by atoms with Crippen LogP contribution in [0.1, 0.15) is 23.3 Å². The van der Waals surface area contributed by atoms with E-state index in [-0.39, 0.29) is 18.1 Å². The molecule has 0 aromatic carbocycles. The molecule has 3 heterocycles. The van der Waals surface area contributed by atoms with E-state index in [4.69, 9.17) is 9.47 Å². The van der Waals surface area contributed by atoms with E-state index in [2.05, 4.69) is 15.3 Å². The molecule has 112 valence electrons. The van der Waals surface area contributed by atoms with Gasteiger partial charge in [-0.15, -0.1) is 0 Å². The molecule has 0 bridgehead atoms. The monoisotopic (exact) mass is 290 g/mol. The highest BCUT2D eigenvalue weighted by Crippen LogP contribution is 2.16. The lowest BCUT2D eigenvalue weighted by Gasteiger charge is -2.23. The van der Waals surface area contributed by atoms with Crippen LogP contribution in [0.25, 0.3) is 5.65 Å². The Morgan fingerprint density at radius 3 is 3.05 bits per heavy atom. The topological polar surface area (TPSA) is 77.8 Å². The number of methoxy groups -OCH3 is 1. The lowest BCUT2D eigenvalue weighted by Crippen LogP contribution is -2.46. The summed E-state index contributed by atoms with van der Waals surface area (Å²) < 4.78 is 12.6. The maximum absolute atomic E-state index is 12.5. The van der Waals surface area contributed by atoms with Crippen LogP contribution in [0, 0.1) is 0 Å². The number of carbonyl (C=O) groups is 1. The normalized spacial score (nSPS) is 19.8. The van der Waals surface area contributed by atoms with Gasteiger partial charge in [0.15, 0.2) is 11.3 Å². The van der Waals surface area contributed by atoms with Gasteiger partial charge in [0, 0.05) is 38.5 Å². The maximum Gasteiger partial charge on any atom is 0.274 e. The molecule has 1 aliphatic heterocycles. The van der Waals surface area contributed by atoms with Crippen molar-refractivity contribution in [3.63, 3.8) is 0 Å². The second kappa shape index (κ2) is 6.19. The molecule has 1 N–H and O–H groups in total. The molecule has 2 atom stereocenters. The Morgan fingerprint density at radius 1 is 1.52 bits per heavy atom. The summed E-state index contributed by atoms with van der Waals surface area (Å²) >= 11 is 0. The molecule has 7 nitrogen and oxygen atoms in total. The molecule has 21 heavy (non-hydrogen) atoms. The summed E-state index contributed by atoms with van der Waals surface area (Å²) in [7, 11) is 1.61. The van der Waals surface area contributed by atoms with Gasteiger partial charge in [-0.1, -0.05) is 0 Å². The largest absolute Gasteiger partial charge is 0.382 e. The van der Waals surface area contributed by atoms with E-state index >= 15 is 0 Å². The van der Waals surface area contributed by atoms with Gasteiger partial charge in [0.2, 0.25) is 0 Å². The molecule has 1 amide bonds. The first kappa shape index (κ1) is 14.0. The maximum atomic E-state index is 12.5. The number of nitrogens with one attached hydrogen (secondary N) is 1. The minimum Gasteiger partial charge on any atom is -0.382 e. The highest BCUT2D eigenvalue weighted by molar-refractivity contribution is 5.97. The van der Waals surface area contributed by atoms with Gasteiger partial charge in [-0.25, -0.2) is 9.97 Å². The van der Waals surface area contributed by atoms with E-state index in [0.29, 0.717) is 17.9 Å². The number of ether oxygens (including phenoxy) is 2. The minimum atomic E-state index is -0.260. The highest BCUT2D eigenvalue weighted by Gasteiger charge is 2.28. The number of hydrogen-bond donors (Lipinski definition) is 1. The van der Waals surface area contributed by atoms with Crippen LogP contribution in [-0.2, 0) is 9.47 Å². The van der Waals surface area contributed by atoms with Gasteiger partial charge in [0.05, 0.1) is 18.8 Å². The average molecular weight is 290 g/mol. The fourth-order valence-corrected chi connectivity index (χ4v) is 2.59. The predicted molar refractivity (Wildman–Crippen MR) is 75.1 cm³/mol. The van der Waals surface area contributed by atoms with Gasteiger partial charge in [0.25, 0.3) is 5.91 Å². The Hall–Kier alpha value is -1.99. The molecular formula is C14H18N4O3. The van der Waals surface area contributed by atoms with Crippen LogP contribution < -0.4 is 5.32 Å². The van der Waals surface area contributed by atoms with Crippen molar-refractivity contribution < 1.29 is 14.3 Å². The second-order valence-corrected chi connectivity index (χ2v) is 5.02. The molecule has 0 radical (unpaired) electrons. The summed E-state index contributed by atoms with van der Waals surface area (Å²) in [6.45, 7) is 1.14. The van der Waals surface area contributed by atoms with Gasteiger partial charge in [0.1, 0.15) is 0 Å². The summed E-state index contributed by atoms with van der Waals surface area (Å²) in [6, 6.07) is -0.179. The lowest BCUT2D eigenvalue weighted by molar-refractivity contribution is 0.0402. The summed E-state index contributed by atoms with van der Waals surface area (Å²) in [5.41, 5.74) is 0.847. The van der Waals surface area contributed by atoms with E-state index in [0.717, 1.165) is 19.4 Å². The first-order valence-corrected chi connectivity index (χ1v) is 6.98. The van der Waals surface area contributed by atoms with Crippen LogP contribution >= 0.6 is 0 Å². The molecule has 1 fully saturated rings. The standard InChI is InChI=1S/C14H18N4O3/c1-20-9-10(11-3-2-8-21-11)17-14(19)12-13-16-5-7-18(13)6-4-15-12/h4-7,10-11H,2-3,8-9H2,1H3,(H,17,19). The molecule has 1 saturated heterocycles. The quantitative estimate of drug-likeness (QED) is 0.875. The van der Waals surface area contributed by atoms with Gasteiger partial charge < -0.3 is 19.2 Å². The van der Waals surface area contributed by atoms with Crippen LogP contribution in [0.2, 0.25) is 0 Å². The van der Waals surface area contributed by atoms with Crippen molar-refractivity contribution in [2.24, 2.45) is 0 Å². The first-order chi connectivity index (χ1) is 10.3. The molecule has 0 saturated carbocycles. The number of nitrogens with zero attached hydrogens (tertiary/aromatic N) is 3.